The van der Waals surface area contributed by atoms with Gasteiger partial charge in [-0.15, -0.1) is 11.8 Å². The molecule has 106 valence electrons. The Morgan fingerprint density at radius 3 is 2.76 bits per heavy atom. The maximum Gasteiger partial charge on any atom is 0.371 e. The molecule has 21 heavy (non-hydrogen) atoms. The third kappa shape index (κ3) is 2.87. The fourth-order valence-corrected chi connectivity index (χ4v) is 2.97. The number of furan rings is 1. The van der Waals surface area contributed by atoms with Crippen molar-refractivity contribution in [2.75, 3.05) is 5.73 Å². The van der Waals surface area contributed by atoms with Crippen LogP contribution in [0.4, 0.5) is 5.69 Å². The predicted molar refractivity (Wildman–Crippen MR) is 83.6 cm³/mol. The molecule has 0 atom stereocenters. The van der Waals surface area contributed by atoms with E-state index < -0.39 is 5.97 Å². The lowest BCUT2D eigenvalue weighted by atomic mass is 10.2. The highest BCUT2D eigenvalue weighted by molar-refractivity contribution is 7.98. The Kier molecular flexibility index (Phi) is 3.58. The third-order valence-corrected chi connectivity index (χ3v) is 4.27. The lowest BCUT2D eigenvalue weighted by molar-refractivity contribution is 0.0665. The molecule has 0 saturated carbocycles. The van der Waals surface area contributed by atoms with E-state index in [1.807, 2.05) is 36.4 Å². The third-order valence-electron chi connectivity index (χ3n) is 3.10. The van der Waals surface area contributed by atoms with Crippen LogP contribution in [0.5, 0.6) is 0 Å². The van der Waals surface area contributed by atoms with Crippen molar-refractivity contribution in [1.29, 1.82) is 0 Å². The number of carbonyl (C=O) groups is 1. The molecule has 1 heterocycles. The standard InChI is InChI=1S/C16H13NO3S/c17-12-3-1-2-4-15(12)21-9-10-5-6-13-11(7-10)8-14(20-13)16(18)19/h1-8H,9,17H2,(H,18,19). The Morgan fingerprint density at radius 2 is 2.00 bits per heavy atom. The largest absolute Gasteiger partial charge is 0.475 e. The van der Waals surface area contributed by atoms with Crippen LogP contribution >= 0.6 is 11.8 Å². The van der Waals surface area contributed by atoms with Crippen molar-refractivity contribution in [2.45, 2.75) is 10.6 Å². The van der Waals surface area contributed by atoms with Gasteiger partial charge in [-0.3, -0.25) is 0 Å². The molecule has 0 radical (unpaired) electrons. The normalized spacial score (nSPS) is 10.9. The average molecular weight is 299 g/mol. The molecule has 4 nitrogen and oxygen atoms in total. The van der Waals surface area contributed by atoms with Crippen LogP contribution < -0.4 is 5.73 Å². The summed E-state index contributed by atoms with van der Waals surface area (Å²) in [7, 11) is 0. The second-order valence-corrected chi connectivity index (χ2v) is 5.63. The summed E-state index contributed by atoms with van der Waals surface area (Å²) in [6.07, 6.45) is 0. The average Bonchev–Trinajstić information content (AvgIpc) is 2.90. The molecule has 0 saturated heterocycles. The van der Waals surface area contributed by atoms with Gasteiger partial charge in [-0.1, -0.05) is 18.2 Å². The van der Waals surface area contributed by atoms with Crippen molar-refractivity contribution < 1.29 is 14.3 Å². The number of hydrogen-bond donors (Lipinski definition) is 2. The molecule has 0 fully saturated rings. The topological polar surface area (TPSA) is 76.5 Å². The van der Waals surface area contributed by atoms with Crippen LogP contribution in [0.2, 0.25) is 0 Å². The van der Waals surface area contributed by atoms with Crippen LogP contribution in [-0.2, 0) is 5.75 Å². The molecule has 0 amide bonds. The number of nitrogen functional groups attached to an aromatic ring is 1. The maximum atomic E-state index is 10.9. The predicted octanol–water partition coefficient (Wildman–Crippen LogP) is 4.01. The summed E-state index contributed by atoms with van der Waals surface area (Å²) in [5.41, 5.74) is 8.35. The summed E-state index contributed by atoms with van der Waals surface area (Å²) in [4.78, 5) is 11.9. The second-order valence-electron chi connectivity index (χ2n) is 4.61. The van der Waals surface area contributed by atoms with Gasteiger partial charge >= 0.3 is 5.97 Å². The highest BCUT2D eigenvalue weighted by Gasteiger charge is 2.10. The Bertz CT molecular complexity index is 810. The van der Waals surface area contributed by atoms with Crippen molar-refractivity contribution in [3.05, 3.63) is 59.9 Å². The summed E-state index contributed by atoms with van der Waals surface area (Å²) in [6.45, 7) is 0. The SMILES string of the molecule is Nc1ccccc1SCc1ccc2oc(C(=O)O)cc2c1. The number of hydrogen-bond acceptors (Lipinski definition) is 4. The first kappa shape index (κ1) is 13.6. The number of nitrogens with two attached hydrogens (primary N) is 1. The zero-order chi connectivity index (χ0) is 14.8. The van der Waals surface area contributed by atoms with Gasteiger partial charge in [0.15, 0.2) is 0 Å². The van der Waals surface area contributed by atoms with E-state index in [2.05, 4.69) is 0 Å². The number of carboxylic acids is 1. The lowest BCUT2D eigenvalue weighted by Crippen LogP contribution is -1.91. The van der Waals surface area contributed by atoms with Crippen molar-refractivity contribution >= 4 is 34.4 Å². The van der Waals surface area contributed by atoms with Crippen molar-refractivity contribution in [3.63, 3.8) is 0 Å². The number of anilines is 1. The number of aromatic carboxylic acids is 1. The van der Waals surface area contributed by atoms with Gasteiger partial charge in [0.25, 0.3) is 0 Å². The smallest absolute Gasteiger partial charge is 0.371 e. The van der Waals surface area contributed by atoms with E-state index in [1.165, 1.54) is 0 Å². The molecule has 5 heteroatoms. The summed E-state index contributed by atoms with van der Waals surface area (Å²) >= 11 is 1.65. The first-order valence-corrected chi connectivity index (χ1v) is 7.35. The second kappa shape index (κ2) is 5.54. The van der Waals surface area contributed by atoms with Crippen LogP contribution in [0, 0.1) is 0 Å². The first-order valence-electron chi connectivity index (χ1n) is 6.36. The monoisotopic (exact) mass is 299 g/mol. The molecule has 0 aliphatic heterocycles. The molecular weight excluding hydrogens is 286 g/mol. The molecular formula is C16H13NO3S. The minimum absolute atomic E-state index is 0.0397. The highest BCUT2D eigenvalue weighted by atomic mass is 32.2. The van der Waals surface area contributed by atoms with Gasteiger partial charge < -0.3 is 15.3 Å². The number of para-hydroxylation sites is 1. The zero-order valence-electron chi connectivity index (χ0n) is 11.1. The summed E-state index contributed by atoms with van der Waals surface area (Å²) in [6, 6.07) is 14.9. The van der Waals surface area contributed by atoms with Crippen molar-refractivity contribution in [3.8, 4) is 0 Å². The van der Waals surface area contributed by atoms with Gasteiger partial charge in [-0.2, -0.15) is 0 Å². The molecule has 0 spiro atoms. The zero-order valence-corrected chi connectivity index (χ0v) is 11.9. The summed E-state index contributed by atoms with van der Waals surface area (Å²) in [5, 5.41) is 9.72. The van der Waals surface area contributed by atoms with E-state index in [4.69, 9.17) is 15.3 Å². The minimum Gasteiger partial charge on any atom is -0.475 e. The quantitative estimate of drug-likeness (QED) is 0.562. The Morgan fingerprint density at radius 1 is 1.19 bits per heavy atom. The highest BCUT2D eigenvalue weighted by Crippen LogP contribution is 2.29. The number of rotatable bonds is 4. The van der Waals surface area contributed by atoms with E-state index >= 15 is 0 Å². The van der Waals surface area contributed by atoms with E-state index in [0.717, 1.165) is 27.3 Å². The molecule has 3 rings (SSSR count). The molecule has 0 aliphatic rings. The van der Waals surface area contributed by atoms with Crippen LogP contribution in [0.25, 0.3) is 11.0 Å². The van der Waals surface area contributed by atoms with E-state index in [0.29, 0.717) is 5.58 Å². The Hall–Kier alpha value is -2.40. The van der Waals surface area contributed by atoms with Crippen molar-refractivity contribution in [1.82, 2.24) is 0 Å². The maximum absolute atomic E-state index is 10.9. The van der Waals surface area contributed by atoms with Crippen LogP contribution in [0.1, 0.15) is 16.1 Å². The summed E-state index contributed by atoms with van der Waals surface area (Å²) < 4.78 is 5.24. The van der Waals surface area contributed by atoms with E-state index in [9.17, 15) is 4.79 Å². The lowest BCUT2D eigenvalue weighted by Gasteiger charge is -2.05. The Labute approximate surface area is 125 Å². The van der Waals surface area contributed by atoms with Gasteiger partial charge in [-0.05, 0) is 35.9 Å². The fraction of sp³-hybridized carbons (Fsp3) is 0.0625. The minimum atomic E-state index is -1.06. The first-order chi connectivity index (χ1) is 10.1. The molecule has 0 bridgehead atoms. The molecule has 3 N–H and O–H groups in total. The molecule has 0 unspecified atom stereocenters. The van der Waals surface area contributed by atoms with Gasteiger partial charge in [0.2, 0.25) is 5.76 Å². The van der Waals surface area contributed by atoms with Gasteiger partial charge in [0, 0.05) is 21.7 Å². The van der Waals surface area contributed by atoms with Crippen LogP contribution in [-0.4, -0.2) is 11.1 Å². The van der Waals surface area contributed by atoms with Crippen LogP contribution in [0.3, 0.4) is 0 Å². The van der Waals surface area contributed by atoms with Gasteiger partial charge in [-0.25, -0.2) is 4.79 Å². The number of thioether (sulfide) groups is 1. The molecule has 0 aliphatic carbocycles. The van der Waals surface area contributed by atoms with E-state index in [1.54, 1.807) is 23.9 Å². The molecule has 3 aromatic rings. The summed E-state index contributed by atoms with van der Waals surface area (Å²) in [5.74, 6) is -0.334. The Balaban J connectivity index is 1.81. The van der Waals surface area contributed by atoms with Gasteiger partial charge in [0.05, 0.1) is 0 Å². The van der Waals surface area contributed by atoms with E-state index in [-0.39, 0.29) is 5.76 Å². The number of fused-ring (bicyclic) bond motifs is 1. The number of carboxylic acid groups (broad SMARTS) is 1. The molecule has 1 aromatic heterocycles. The molecule has 2 aromatic carbocycles. The van der Waals surface area contributed by atoms with Gasteiger partial charge in [0.1, 0.15) is 5.58 Å². The van der Waals surface area contributed by atoms with Crippen molar-refractivity contribution in [2.24, 2.45) is 0 Å². The fourth-order valence-electron chi connectivity index (χ4n) is 2.06. The van der Waals surface area contributed by atoms with Crippen LogP contribution in [0.15, 0.2) is 57.8 Å². The number of benzene rings is 2.